The molecule has 7 heteroatoms. The number of pyridine rings is 1. The van der Waals surface area contributed by atoms with Gasteiger partial charge in [0.2, 0.25) is 5.91 Å². The summed E-state index contributed by atoms with van der Waals surface area (Å²) in [6.07, 6.45) is 5.32. The summed E-state index contributed by atoms with van der Waals surface area (Å²) in [5, 5.41) is 2.65. The van der Waals surface area contributed by atoms with Gasteiger partial charge in [-0.25, -0.2) is 4.39 Å². The van der Waals surface area contributed by atoms with Crippen molar-refractivity contribution < 1.29 is 18.0 Å². The first kappa shape index (κ1) is 18.4. The topological polar surface area (TPSA) is 46.9 Å². The third kappa shape index (κ3) is 4.25. The maximum absolute atomic E-state index is 13.2. The first-order valence-corrected chi connectivity index (χ1v) is 8.09. The molecule has 0 aliphatic heterocycles. The molecule has 27 heavy (non-hydrogen) atoms. The van der Waals surface area contributed by atoms with Gasteiger partial charge in [0.1, 0.15) is 5.82 Å². The van der Waals surface area contributed by atoms with E-state index in [-0.39, 0.29) is 18.3 Å². The van der Waals surface area contributed by atoms with E-state index in [1.807, 2.05) is 0 Å². The van der Waals surface area contributed by atoms with E-state index in [2.05, 4.69) is 16.9 Å². The molecule has 3 aromatic rings. The number of nitrogens with one attached hydrogen (secondary N) is 1. The fourth-order valence-electron chi connectivity index (χ4n) is 2.62. The number of nitrogens with zero attached hydrogens (tertiary/aromatic N) is 2. The molecule has 0 aliphatic carbocycles. The molecule has 1 N–H and O–H groups in total. The quantitative estimate of drug-likeness (QED) is 0.646. The van der Waals surface area contributed by atoms with Crippen LogP contribution in [0.3, 0.4) is 0 Å². The highest BCUT2D eigenvalue weighted by Gasteiger charge is 2.13. The predicted molar refractivity (Wildman–Crippen MR) is 96.4 cm³/mol. The largest absolute Gasteiger partial charge is 0.348 e. The summed E-state index contributed by atoms with van der Waals surface area (Å²) in [6, 6.07) is 9.11. The second-order valence-electron chi connectivity index (χ2n) is 5.78. The average Bonchev–Trinajstić information content (AvgIpc) is 3.17. The van der Waals surface area contributed by atoms with Crippen molar-refractivity contribution >= 4 is 5.91 Å². The molecular formula is C20H16F3N3O. The first-order valence-electron chi connectivity index (χ1n) is 8.09. The SMILES string of the molecule is C=CC(=O)NCc1cnc(-c2ccc(F)cc2)cc1-c1ccn(C(F)F)c1. The second-order valence-corrected chi connectivity index (χ2v) is 5.78. The summed E-state index contributed by atoms with van der Waals surface area (Å²) in [4.78, 5) is 15.8. The third-order valence-electron chi connectivity index (χ3n) is 4.02. The van der Waals surface area contributed by atoms with Crippen molar-refractivity contribution in [3.8, 4) is 22.4 Å². The van der Waals surface area contributed by atoms with Crippen LogP contribution in [0.25, 0.3) is 22.4 Å². The Hall–Kier alpha value is -3.35. The van der Waals surface area contributed by atoms with Crippen molar-refractivity contribution in [3.05, 3.63) is 79.0 Å². The van der Waals surface area contributed by atoms with E-state index in [0.29, 0.717) is 27.9 Å². The zero-order valence-corrected chi connectivity index (χ0v) is 14.2. The summed E-state index contributed by atoms with van der Waals surface area (Å²) in [5.74, 6) is -0.717. The summed E-state index contributed by atoms with van der Waals surface area (Å²) in [6.45, 7) is 0.904. The lowest BCUT2D eigenvalue weighted by atomic mass is 10.0. The van der Waals surface area contributed by atoms with Crippen LogP contribution in [0.1, 0.15) is 12.1 Å². The van der Waals surface area contributed by atoms with Crippen LogP contribution in [0.5, 0.6) is 0 Å². The van der Waals surface area contributed by atoms with Gasteiger partial charge >= 0.3 is 6.55 Å². The molecule has 0 unspecified atom stereocenters. The van der Waals surface area contributed by atoms with E-state index in [9.17, 15) is 18.0 Å². The number of carbonyl (C=O) groups excluding carboxylic acids is 1. The zero-order valence-electron chi connectivity index (χ0n) is 14.2. The Morgan fingerprint density at radius 2 is 1.96 bits per heavy atom. The Morgan fingerprint density at radius 3 is 2.59 bits per heavy atom. The van der Waals surface area contributed by atoms with Gasteiger partial charge in [0.15, 0.2) is 0 Å². The smallest absolute Gasteiger partial charge is 0.318 e. The maximum Gasteiger partial charge on any atom is 0.318 e. The number of benzene rings is 1. The van der Waals surface area contributed by atoms with E-state index >= 15 is 0 Å². The van der Waals surface area contributed by atoms with Gasteiger partial charge in [-0.05, 0) is 59.2 Å². The fourth-order valence-corrected chi connectivity index (χ4v) is 2.62. The molecule has 0 saturated carbocycles. The number of amides is 1. The summed E-state index contributed by atoms with van der Waals surface area (Å²) < 4.78 is 39.8. The Kier molecular flexibility index (Phi) is 5.40. The highest BCUT2D eigenvalue weighted by molar-refractivity contribution is 5.87. The summed E-state index contributed by atoms with van der Waals surface area (Å²) in [7, 11) is 0. The molecule has 2 heterocycles. The molecule has 1 amide bonds. The van der Waals surface area contributed by atoms with Crippen LogP contribution in [-0.4, -0.2) is 15.5 Å². The molecule has 0 spiro atoms. The standard InChI is InChI=1S/C20H16F3N3O/c1-2-19(27)25-11-15-10-24-18(13-3-5-16(21)6-4-13)9-17(15)14-7-8-26(12-14)20(22)23/h2-10,12,20H,1,11H2,(H,25,27). The van der Waals surface area contributed by atoms with Crippen LogP contribution in [-0.2, 0) is 11.3 Å². The molecule has 0 aliphatic rings. The highest BCUT2D eigenvalue weighted by atomic mass is 19.3. The van der Waals surface area contributed by atoms with Gasteiger partial charge in [0.05, 0.1) is 5.69 Å². The minimum atomic E-state index is -2.65. The third-order valence-corrected chi connectivity index (χ3v) is 4.02. The number of rotatable bonds is 6. The van der Waals surface area contributed by atoms with Gasteiger partial charge in [0, 0.05) is 30.7 Å². The normalized spacial score (nSPS) is 10.8. The van der Waals surface area contributed by atoms with Crippen LogP contribution in [0.2, 0.25) is 0 Å². The highest BCUT2D eigenvalue weighted by Crippen LogP contribution is 2.29. The summed E-state index contributed by atoms with van der Waals surface area (Å²) in [5.41, 5.74) is 3.11. The zero-order chi connectivity index (χ0) is 19.4. The van der Waals surface area contributed by atoms with Crippen molar-refractivity contribution in [3.63, 3.8) is 0 Å². The molecule has 0 saturated heterocycles. The van der Waals surface area contributed by atoms with E-state index in [1.54, 1.807) is 30.5 Å². The van der Waals surface area contributed by atoms with Crippen LogP contribution >= 0.6 is 0 Å². The van der Waals surface area contributed by atoms with Crippen LogP contribution < -0.4 is 5.32 Å². The lowest BCUT2D eigenvalue weighted by Crippen LogP contribution is -2.20. The van der Waals surface area contributed by atoms with E-state index in [0.717, 1.165) is 10.6 Å². The van der Waals surface area contributed by atoms with Gasteiger partial charge in [-0.1, -0.05) is 6.58 Å². The molecule has 2 aromatic heterocycles. The maximum atomic E-state index is 13.2. The molecule has 138 valence electrons. The van der Waals surface area contributed by atoms with E-state index < -0.39 is 6.55 Å². The average molecular weight is 371 g/mol. The van der Waals surface area contributed by atoms with Crippen molar-refractivity contribution in [2.24, 2.45) is 0 Å². The van der Waals surface area contributed by atoms with Crippen molar-refractivity contribution in [2.75, 3.05) is 0 Å². The molecule has 0 radical (unpaired) electrons. The Balaban J connectivity index is 2.03. The van der Waals surface area contributed by atoms with Crippen LogP contribution in [0, 0.1) is 5.82 Å². The van der Waals surface area contributed by atoms with Gasteiger partial charge < -0.3 is 5.32 Å². The number of hydrogen-bond acceptors (Lipinski definition) is 2. The minimum absolute atomic E-state index is 0.163. The lowest BCUT2D eigenvalue weighted by Gasteiger charge is -2.11. The Morgan fingerprint density at radius 1 is 1.22 bits per heavy atom. The number of alkyl halides is 2. The molecular weight excluding hydrogens is 355 g/mol. The van der Waals surface area contributed by atoms with Gasteiger partial charge in [-0.15, -0.1) is 0 Å². The molecule has 3 rings (SSSR count). The molecule has 0 atom stereocenters. The van der Waals surface area contributed by atoms with Gasteiger partial charge in [-0.3, -0.25) is 14.3 Å². The number of hydrogen-bond donors (Lipinski definition) is 1. The van der Waals surface area contributed by atoms with Crippen molar-refractivity contribution in [1.82, 2.24) is 14.9 Å². The van der Waals surface area contributed by atoms with Crippen LogP contribution in [0.4, 0.5) is 13.2 Å². The number of aromatic nitrogens is 2. The molecule has 4 nitrogen and oxygen atoms in total. The van der Waals surface area contributed by atoms with Crippen LogP contribution in [0.15, 0.2) is 67.6 Å². The molecule has 0 bridgehead atoms. The number of carbonyl (C=O) groups is 1. The first-order chi connectivity index (χ1) is 13.0. The predicted octanol–water partition coefficient (Wildman–Crippen LogP) is 4.55. The lowest BCUT2D eigenvalue weighted by molar-refractivity contribution is -0.116. The molecule has 1 aromatic carbocycles. The van der Waals surface area contributed by atoms with Gasteiger partial charge in [-0.2, -0.15) is 8.78 Å². The Labute approximate surface area is 154 Å². The van der Waals surface area contributed by atoms with Crippen molar-refractivity contribution in [1.29, 1.82) is 0 Å². The summed E-state index contributed by atoms with van der Waals surface area (Å²) >= 11 is 0. The molecule has 0 fully saturated rings. The van der Waals surface area contributed by atoms with Gasteiger partial charge in [0.25, 0.3) is 0 Å². The number of halogens is 3. The monoisotopic (exact) mass is 371 g/mol. The fraction of sp³-hybridized carbons (Fsp3) is 0.100. The van der Waals surface area contributed by atoms with Crippen molar-refractivity contribution in [2.45, 2.75) is 13.1 Å². The van der Waals surface area contributed by atoms with E-state index in [4.69, 9.17) is 0 Å². The minimum Gasteiger partial charge on any atom is -0.348 e. The second kappa shape index (κ2) is 7.90. The Bertz CT molecular complexity index is 965. The van der Waals surface area contributed by atoms with E-state index in [1.165, 1.54) is 24.5 Å².